The summed E-state index contributed by atoms with van der Waals surface area (Å²) in [5.74, 6) is -2.12. The first-order chi connectivity index (χ1) is 11.0. The Balaban J connectivity index is 1.72. The molecular weight excluding hydrogens is 302 g/mol. The number of carbonyl (C=O) groups is 2. The third kappa shape index (κ3) is 3.71. The van der Waals surface area contributed by atoms with Crippen molar-refractivity contribution in [3.05, 3.63) is 59.7 Å². The van der Waals surface area contributed by atoms with Gasteiger partial charge < -0.3 is 10.6 Å². The first-order valence-corrected chi connectivity index (χ1v) is 7.20. The molecular formula is C17H14F2N2O2. The summed E-state index contributed by atoms with van der Waals surface area (Å²) in [6.45, 7) is 0. The van der Waals surface area contributed by atoms with Gasteiger partial charge in [0.25, 0.3) is 5.91 Å². The number of benzene rings is 2. The van der Waals surface area contributed by atoms with Crippen molar-refractivity contribution >= 4 is 23.2 Å². The quantitative estimate of drug-likeness (QED) is 0.906. The highest BCUT2D eigenvalue weighted by Crippen LogP contribution is 2.30. The van der Waals surface area contributed by atoms with Gasteiger partial charge in [-0.25, -0.2) is 8.78 Å². The van der Waals surface area contributed by atoms with Crippen molar-refractivity contribution in [2.45, 2.75) is 12.8 Å². The second-order valence-corrected chi connectivity index (χ2v) is 5.42. The summed E-state index contributed by atoms with van der Waals surface area (Å²) in [6.07, 6.45) is 1.77. The largest absolute Gasteiger partial charge is 0.326 e. The topological polar surface area (TPSA) is 58.2 Å². The molecule has 23 heavy (non-hydrogen) atoms. The number of hydrogen-bond acceptors (Lipinski definition) is 2. The van der Waals surface area contributed by atoms with Gasteiger partial charge in [-0.3, -0.25) is 9.59 Å². The van der Waals surface area contributed by atoms with E-state index in [1.165, 1.54) is 6.07 Å². The molecule has 4 nitrogen and oxygen atoms in total. The molecule has 2 aromatic rings. The molecule has 1 aliphatic rings. The fraction of sp³-hybridized carbons (Fsp3) is 0.176. The van der Waals surface area contributed by atoms with Crippen LogP contribution in [-0.2, 0) is 4.79 Å². The molecule has 6 heteroatoms. The molecule has 0 aliphatic heterocycles. The maximum absolute atomic E-state index is 13.6. The summed E-state index contributed by atoms with van der Waals surface area (Å²) in [4.78, 5) is 23.9. The molecule has 0 heterocycles. The van der Waals surface area contributed by atoms with Gasteiger partial charge in [-0.2, -0.15) is 0 Å². The number of nitrogens with one attached hydrogen (secondary N) is 2. The third-order valence-electron chi connectivity index (χ3n) is 3.52. The predicted octanol–water partition coefficient (Wildman–Crippen LogP) is 3.57. The lowest BCUT2D eigenvalue weighted by Gasteiger charge is -2.09. The van der Waals surface area contributed by atoms with Crippen LogP contribution in [0.15, 0.2) is 42.5 Å². The summed E-state index contributed by atoms with van der Waals surface area (Å²) in [7, 11) is 0. The second-order valence-electron chi connectivity index (χ2n) is 5.42. The van der Waals surface area contributed by atoms with Crippen LogP contribution in [0.2, 0.25) is 0 Å². The third-order valence-corrected chi connectivity index (χ3v) is 3.52. The van der Waals surface area contributed by atoms with Crippen molar-refractivity contribution in [2.75, 3.05) is 10.6 Å². The van der Waals surface area contributed by atoms with Crippen LogP contribution < -0.4 is 10.6 Å². The van der Waals surface area contributed by atoms with E-state index in [9.17, 15) is 18.4 Å². The average molecular weight is 316 g/mol. The van der Waals surface area contributed by atoms with Gasteiger partial charge in [-0.05, 0) is 43.2 Å². The lowest BCUT2D eigenvalue weighted by molar-refractivity contribution is -0.117. The zero-order chi connectivity index (χ0) is 16.4. The number of anilines is 2. The summed E-state index contributed by atoms with van der Waals surface area (Å²) in [6, 6.07) is 9.27. The van der Waals surface area contributed by atoms with Crippen LogP contribution in [0.5, 0.6) is 0 Å². The van der Waals surface area contributed by atoms with E-state index in [4.69, 9.17) is 0 Å². The molecule has 118 valence electrons. The molecule has 1 aliphatic carbocycles. The molecule has 0 radical (unpaired) electrons. The minimum Gasteiger partial charge on any atom is -0.326 e. The van der Waals surface area contributed by atoms with Gasteiger partial charge >= 0.3 is 0 Å². The van der Waals surface area contributed by atoms with Gasteiger partial charge in [0.05, 0.1) is 5.69 Å². The molecule has 0 aromatic heterocycles. The number of amides is 2. The van der Waals surface area contributed by atoms with Crippen LogP contribution in [0.1, 0.15) is 23.2 Å². The molecule has 1 fully saturated rings. The van der Waals surface area contributed by atoms with E-state index in [0.717, 1.165) is 25.0 Å². The summed E-state index contributed by atoms with van der Waals surface area (Å²) in [5.41, 5.74) is 0.667. The summed E-state index contributed by atoms with van der Waals surface area (Å²) in [5, 5.41) is 5.12. The Morgan fingerprint density at radius 1 is 1.00 bits per heavy atom. The standard InChI is InChI=1S/C17H14F2N2O2/c18-12-6-7-15(14(19)9-12)21-17(23)11-2-1-3-13(8-11)20-16(22)10-4-5-10/h1-3,6-10H,4-5H2,(H,20,22)(H,21,23). The smallest absolute Gasteiger partial charge is 0.255 e. The highest BCUT2D eigenvalue weighted by molar-refractivity contribution is 6.05. The summed E-state index contributed by atoms with van der Waals surface area (Å²) >= 11 is 0. The number of rotatable bonds is 4. The Morgan fingerprint density at radius 3 is 2.48 bits per heavy atom. The normalized spacial score (nSPS) is 13.5. The van der Waals surface area contributed by atoms with Crippen molar-refractivity contribution in [3.63, 3.8) is 0 Å². The van der Waals surface area contributed by atoms with Crippen LogP contribution in [0.25, 0.3) is 0 Å². The maximum atomic E-state index is 13.6. The molecule has 2 N–H and O–H groups in total. The van der Waals surface area contributed by atoms with Crippen LogP contribution in [0.3, 0.4) is 0 Å². The average Bonchev–Trinajstić information content (AvgIpc) is 3.35. The molecule has 0 saturated heterocycles. The Labute approximate surface area is 131 Å². The zero-order valence-corrected chi connectivity index (χ0v) is 12.1. The van der Waals surface area contributed by atoms with E-state index >= 15 is 0 Å². The van der Waals surface area contributed by atoms with Crippen LogP contribution in [0.4, 0.5) is 20.2 Å². The van der Waals surface area contributed by atoms with Gasteiger partial charge in [0, 0.05) is 23.2 Å². The minimum atomic E-state index is -0.850. The fourth-order valence-corrected chi connectivity index (χ4v) is 2.11. The van der Waals surface area contributed by atoms with Crippen LogP contribution in [-0.4, -0.2) is 11.8 Å². The maximum Gasteiger partial charge on any atom is 0.255 e. The predicted molar refractivity (Wildman–Crippen MR) is 82.1 cm³/mol. The molecule has 0 spiro atoms. The SMILES string of the molecule is O=C(Nc1ccc(F)cc1F)c1cccc(NC(=O)C2CC2)c1. The highest BCUT2D eigenvalue weighted by atomic mass is 19.1. The molecule has 1 saturated carbocycles. The van der Waals surface area contributed by atoms with Crippen LogP contribution in [0, 0.1) is 17.6 Å². The minimum absolute atomic E-state index is 0.0563. The van der Waals surface area contributed by atoms with Gasteiger partial charge in [-0.1, -0.05) is 6.07 Å². The van der Waals surface area contributed by atoms with E-state index in [1.807, 2.05) is 0 Å². The monoisotopic (exact) mass is 316 g/mol. The lowest BCUT2D eigenvalue weighted by Crippen LogP contribution is -2.16. The number of hydrogen-bond donors (Lipinski definition) is 2. The number of carbonyl (C=O) groups excluding carboxylic acids is 2. The Hall–Kier alpha value is -2.76. The summed E-state index contributed by atoms with van der Waals surface area (Å²) < 4.78 is 26.4. The van der Waals surface area contributed by atoms with E-state index in [-0.39, 0.29) is 23.1 Å². The van der Waals surface area contributed by atoms with E-state index in [2.05, 4.69) is 10.6 Å². The van der Waals surface area contributed by atoms with Gasteiger partial charge in [0.2, 0.25) is 5.91 Å². The highest BCUT2D eigenvalue weighted by Gasteiger charge is 2.29. The van der Waals surface area contributed by atoms with Gasteiger partial charge in [0.15, 0.2) is 0 Å². The Bertz CT molecular complexity index is 773. The Kier molecular flexibility index (Phi) is 4.06. The van der Waals surface area contributed by atoms with Crippen molar-refractivity contribution < 1.29 is 18.4 Å². The van der Waals surface area contributed by atoms with Crippen molar-refractivity contribution in [3.8, 4) is 0 Å². The first kappa shape index (κ1) is 15.1. The second kappa shape index (κ2) is 6.16. The van der Waals surface area contributed by atoms with Gasteiger partial charge in [0.1, 0.15) is 11.6 Å². The van der Waals surface area contributed by atoms with Gasteiger partial charge in [-0.15, -0.1) is 0 Å². The van der Waals surface area contributed by atoms with Crippen molar-refractivity contribution in [2.24, 2.45) is 5.92 Å². The van der Waals surface area contributed by atoms with Crippen LogP contribution >= 0.6 is 0 Å². The van der Waals surface area contributed by atoms with E-state index < -0.39 is 17.5 Å². The van der Waals surface area contributed by atoms with Crippen molar-refractivity contribution in [1.82, 2.24) is 0 Å². The van der Waals surface area contributed by atoms with E-state index in [1.54, 1.807) is 18.2 Å². The fourth-order valence-electron chi connectivity index (χ4n) is 2.11. The number of halogens is 2. The molecule has 0 unspecified atom stereocenters. The zero-order valence-electron chi connectivity index (χ0n) is 12.1. The molecule has 2 aromatic carbocycles. The Morgan fingerprint density at radius 2 is 1.78 bits per heavy atom. The molecule has 2 amide bonds. The lowest BCUT2D eigenvalue weighted by atomic mass is 10.1. The molecule has 0 atom stereocenters. The molecule has 0 bridgehead atoms. The first-order valence-electron chi connectivity index (χ1n) is 7.20. The van der Waals surface area contributed by atoms with E-state index in [0.29, 0.717) is 11.8 Å². The van der Waals surface area contributed by atoms with Crippen molar-refractivity contribution in [1.29, 1.82) is 0 Å². The molecule has 3 rings (SSSR count).